The zero-order valence-corrected chi connectivity index (χ0v) is 13.2. The van der Waals surface area contributed by atoms with Crippen LogP contribution in [0.15, 0.2) is 35.8 Å². The fourth-order valence-corrected chi connectivity index (χ4v) is 3.18. The molecular formula is C17H24N2S. The largest absolute Gasteiger partial charge is 0.316 e. The highest BCUT2D eigenvalue weighted by atomic mass is 32.1. The van der Waals surface area contributed by atoms with Gasteiger partial charge in [-0.1, -0.05) is 31.2 Å². The second-order valence-electron chi connectivity index (χ2n) is 5.33. The first kappa shape index (κ1) is 15.2. The fraction of sp³-hybridized carbons (Fsp3) is 0.471. The second kappa shape index (κ2) is 8.18. The Morgan fingerprint density at radius 2 is 2.10 bits per heavy atom. The first-order chi connectivity index (χ1) is 9.79. The lowest BCUT2D eigenvalue weighted by Gasteiger charge is -2.18. The lowest BCUT2D eigenvalue weighted by Crippen LogP contribution is -2.26. The summed E-state index contributed by atoms with van der Waals surface area (Å²) in [6, 6.07) is 8.71. The fourth-order valence-electron chi connectivity index (χ4n) is 2.45. The molecule has 0 spiro atoms. The minimum absolute atomic E-state index is 0.619. The van der Waals surface area contributed by atoms with Crippen LogP contribution < -0.4 is 5.32 Å². The maximum absolute atomic E-state index is 4.44. The van der Waals surface area contributed by atoms with Crippen LogP contribution >= 0.6 is 11.3 Å². The topological polar surface area (TPSA) is 24.9 Å². The summed E-state index contributed by atoms with van der Waals surface area (Å²) in [7, 11) is 0. The van der Waals surface area contributed by atoms with Gasteiger partial charge in [0.15, 0.2) is 0 Å². The van der Waals surface area contributed by atoms with Gasteiger partial charge >= 0.3 is 0 Å². The van der Waals surface area contributed by atoms with Crippen LogP contribution in [0.2, 0.25) is 0 Å². The third-order valence-electron chi connectivity index (χ3n) is 3.58. The van der Waals surface area contributed by atoms with Gasteiger partial charge in [-0.15, -0.1) is 11.3 Å². The molecule has 1 heterocycles. The second-order valence-corrected chi connectivity index (χ2v) is 6.31. The van der Waals surface area contributed by atoms with Crippen molar-refractivity contribution in [2.24, 2.45) is 5.92 Å². The number of rotatable bonds is 8. The van der Waals surface area contributed by atoms with E-state index in [1.165, 1.54) is 22.6 Å². The molecule has 108 valence electrons. The zero-order valence-electron chi connectivity index (χ0n) is 12.4. The highest BCUT2D eigenvalue weighted by Crippen LogP contribution is 2.18. The van der Waals surface area contributed by atoms with Crippen LogP contribution in [0.25, 0.3) is 0 Å². The van der Waals surface area contributed by atoms with Gasteiger partial charge in [0.1, 0.15) is 0 Å². The standard InChI is InChI=1S/C17H24N2S/c1-3-8-18-13-15(12-17-19-9-10-20-17)11-16-7-5-4-6-14(16)2/h4-7,9-10,15,18H,3,8,11-13H2,1-2H3. The van der Waals surface area contributed by atoms with E-state index >= 15 is 0 Å². The van der Waals surface area contributed by atoms with Crippen molar-refractivity contribution in [2.75, 3.05) is 13.1 Å². The molecule has 20 heavy (non-hydrogen) atoms. The number of aromatic nitrogens is 1. The van der Waals surface area contributed by atoms with Gasteiger partial charge in [-0.25, -0.2) is 4.98 Å². The van der Waals surface area contributed by atoms with E-state index in [2.05, 4.69) is 53.8 Å². The monoisotopic (exact) mass is 288 g/mol. The molecule has 3 heteroatoms. The van der Waals surface area contributed by atoms with Gasteiger partial charge < -0.3 is 5.32 Å². The van der Waals surface area contributed by atoms with Crippen LogP contribution in [0.4, 0.5) is 0 Å². The quantitative estimate of drug-likeness (QED) is 0.746. The molecule has 0 radical (unpaired) electrons. The normalized spacial score (nSPS) is 12.5. The Bertz CT molecular complexity index is 493. The van der Waals surface area contributed by atoms with Crippen molar-refractivity contribution in [2.45, 2.75) is 33.1 Å². The summed E-state index contributed by atoms with van der Waals surface area (Å²) in [4.78, 5) is 4.44. The summed E-state index contributed by atoms with van der Waals surface area (Å²) in [5, 5.41) is 6.88. The van der Waals surface area contributed by atoms with Crippen molar-refractivity contribution in [3.05, 3.63) is 52.0 Å². The third-order valence-corrected chi connectivity index (χ3v) is 4.38. The molecule has 0 fully saturated rings. The molecule has 2 aromatic rings. The Labute approximate surface area is 126 Å². The van der Waals surface area contributed by atoms with E-state index < -0.39 is 0 Å². The Morgan fingerprint density at radius 3 is 2.80 bits per heavy atom. The first-order valence-corrected chi connectivity index (χ1v) is 8.31. The first-order valence-electron chi connectivity index (χ1n) is 7.43. The molecule has 2 nitrogen and oxygen atoms in total. The van der Waals surface area contributed by atoms with Crippen LogP contribution in [0.1, 0.15) is 29.5 Å². The third kappa shape index (κ3) is 4.73. The summed E-state index contributed by atoms with van der Waals surface area (Å²) in [6.45, 7) is 6.59. The van der Waals surface area contributed by atoms with Gasteiger partial charge in [0.05, 0.1) is 5.01 Å². The Hall–Kier alpha value is -1.19. The number of thiazole rings is 1. The average molecular weight is 288 g/mol. The molecule has 0 aliphatic carbocycles. The van der Waals surface area contributed by atoms with Crippen LogP contribution in [-0.2, 0) is 12.8 Å². The van der Waals surface area contributed by atoms with E-state index in [0.717, 1.165) is 25.9 Å². The summed E-state index contributed by atoms with van der Waals surface area (Å²) in [5.74, 6) is 0.619. The number of benzene rings is 1. The van der Waals surface area contributed by atoms with Crippen molar-refractivity contribution in [3.8, 4) is 0 Å². The molecular weight excluding hydrogens is 264 g/mol. The maximum Gasteiger partial charge on any atom is 0.0928 e. The lowest BCUT2D eigenvalue weighted by atomic mass is 9.93. The molecule has 2 rings (SSSR count). The van der Waals surface area contributed by atoms with E-state index in [1.54, 1.807) is 11.3 Å². The van der Waals surface area contributed by atoms with Gasteiger partial charge in [0, 0.05) is 18.0 Å². The molecule has 0 aliphatic heterocycles. The molecule has 0 saturated heterocycles. The predicted molar refractivity (Wildman–Crippen MR) is 87.4 cm³/mol. The van der Waals surface area contributed by atoms with E-state index in [9.17, 15) is 0 Å². The summed E-state index contributed by atoms with van der Waals surface area (Å²) < 4.78 is 0. The lowest BCUT2D eigenvalue weighted by molar-refractivity contribution is 0.469. The SMILES string of the molecule is CCCNCC(Cc1nccs1)Cc1ccccc1C. The van der Waals surface area contributed by atoms with E-state index in [0.29, 0.717) is 5.92 Å². The minimum atomic E-state index is 0.619. The van der Waals surface area contributed by atoms with Crippen LogP contribution in [0.5, 0.6) is 0 Å². The van der Waals surface area contributed by atoms with Crippen molar-refractivity contribution >= 4 is 11.3 Å². The summed E-state index contributed by atoms with van der Waals surface area (Å²) in [6.07, 6.45) is 5.30. The number of hydrogen-bond donors (Lipinski definition) is 1. The number of nitrogens with one attached hydrogen (secondary N) is 1. The minimum Gasteiger partial charge on any atom is -0.316 e. The molecule has 1 unspecified atom stereocenters. The molecule has 0 aliphatic rings. The van der Waals surface area contributed by atoms with Crippen molar-refractivity contribution in [1.82, 2.24) is 10.3 Å². The van der Waals surface area contributed by atoms with Crippen LogP contribution in [0, 0.1) is 12.8 Å². The van der Waals surface area contributed by atoms with Crippen LogP contribution in [-0.4, -0.2) is 18.1 Å². The van der Waals surface area contributed by atoms with Gasteiger partial charge in [-0.2, -0.15) is 0 Å². The van der Waals surface area contributed by atoms with Crippen molar-refractivity contribution in [1.29, 1.82) is 0 Å². The van der Waals surface area contributed by atoms with Gasteiger partial charge in [-0.05, 0) is 49.9 Å². The van der Waals surface area contributed by atoms with E-state index in [-0.39, 0.29) is 0 Å². The molecule has 0 bridgehead atoms. The molecule has 1 atom stereocenters. The molecule has 0 saturated carbocycles. The molecule has 1 N–H and O–H groups in total. The summed E-state index contributed by atoms with van der Waals surface area (Å²) in [5.41, 5.74) is 2.86. The molecule has 0 amide bonds. The number of aryl methyl sites for hydroxylation is 1. The highest BCUT2D eigenvalue weighted by molar-refractivity contribution is 7.09. The predicted octanol–water partition coefficient (Wildman–Crippen LogP) is 3.85. The zero-order chi connectivity index (χ0) is 14.2. The van der Waals surface area contributed by atoms with Crippen molar-refractivity contribution in [3.63, 3.8) is 0 Å². The Kier molecular flexibility index (Phi) is 6.22. The number of nitrogens with zero attached hydrogens (tertiary/aromatic N) is 1. The number of hydrogen-bond acceptors (Lipinski definition) is 3. The molecule has 1 aromatic carbocycles. The van der Waals surface area contributed by atoms with E-state index in [4.69, 9.17) is 0 Å². The molecule has 1 aromatic heterocycles. The average Bonchev–Trinajstić information content (AvgIpc) is 2.94. The Balaban J connectivity index is 1.99. The maximum atomic E-state index is 4.44. The van der Waals surface area contributed by atoms with Crippen LogP contribution in [0.3, 0.4) is 0 Å². The summed E-state index contributed by atoms with van der Waals surface area (Å²) >= 11 is 1.77. The van der Waals surface area contributed by atoms with E-state index in [1.807, 2.05) is 6.20 Å². The van der Waals surface area contributed by atoms with Crippen molar-refractivity contribution < 1.29 is 0 Å². The highest BCUT2D eigenvalue weighted by Gasteiger charge is 2.13. The van der Waals surface area contributed by atoms with Gasteiger partial charge in [0.25, 0.3) is 0 Å². The smallest absolute Gasteiger partial charge is 0.0928 e. The van der Waals surface area contributed by atoms with Gasteiger partial charge in [0.2, 0.25) is 0 Å². The Morgan fingerprint density at radius 1 is 1.25 bits per heavy atom. The van der Waals surface area contributed by atoms with Gasteiger partial charge in [-0.3, -0.25) is 0 Å².